The summed E-state index contributed by atoms with van der Waals surface area (Å²) in [5, 5.41) is 3.39. The van der Waals surface area contributed by atoms with Crippen LogP contribution in [0.15, 0.2) is 12.1 Å². The zero-order chi connectivity index (χ0) is 13.1. The lowest BCUT2D eigenvalue weighted by atomic mass is 10.1. The molecule has 1 heterocycles. The van der Waals surface area contributed by atoms with Gasteiger partial charge in [-0.15, -0.1) is 0 Å². The third-order valence-corrected chi connectivity index (χ3v) is 3.27. The van der Waals surface area contributed by atoms with Gasteiger partial charge in [-0.3, -0.25) is 0 Å². The van der Waals surface area contributed by atoms with Crippen molar-refractivity contribution in [2.75, 3.05) is 31.3 Å². The van der Waals surface area contributed by atoms with Crippen LogP contribution in [0.4, 0.5) is 11.4 Å². The summed E-state index contributed by atoms with van der Waals surface area (Å²) in [5.74, 6) is -0.483. The largest absolute Gasteiger partial charge is 0.465 e. The maximum atomic E-state index is 11.5. The maximum absolute atomic E-state index is 11.5. The van der Waals surface area contributed by atoms with Crippen LogP contribution in [-0.2, 0) is 9.47 Å². The number of benzene rings is 1. The van der Waals surface area contributed by atoms with Crippen molar-refractivity contribution in [2.45, 2.75) is 12.5 Å². The predicted octanol–water partition coefficient (Wildman–Crippen LogP) is 1.91. The molecule has 3 N–H and O–H groups in total. The zero-order valence-corrected chi connectivity index (χ0v) is 10.8. The van der Waals surface area contributed by atoms with E-state index >= 15 is 0 Å². The lowest BCUT2D eigenvalue weighted by Gasteiger charge is -2.27. The fraction of sp³-hybridized carbons (Fsp3) is 0.417. The Morgan fingerprint density at radius 2 is 2.39 bits per heavy atom. The molecular formula is C12H15ClN2O3. The third kappa shape index (κ3) is 2.52. The Bertz CT molecular complexity index is 461. The second kappa shape index (κ2) is 5.46. The Morgan fingerprint density at radius 3 is 2.94 bits per heavy atom. The summed E-state index contributed by atoms with van der Waals surface area (Å²) in [5.41, 5.74) is 7.18. The van der Waals surface area contributed by atoms with Gasteiger partial charge in [0.15, 0.2) is 0 Å². The van der Waals surface area contributed by atoms with Crippen LogP contribution in [0.3, 0.4) is 0 Å². The Morgan fingerprint density at radius 1 is 1.67 bits per heavy atom. The summed E-state index contributed by atoms with van der Waals surface area (Å²) in [6.45, 7) is 1.41. The van der Waals surface area contributed by atoms with E-state index in [1.807, 2.05) is 0 Å². The van der Waals surface area contributed by atoms with E-state index < -0.39 is 5.97 Å². The Hall–Kier alpha value is -1.46. The number of hydrogen-bond donors (Lipinski definition) is 2. The van der Waals surface area contributed by atoms with E-state index in [0.29, 0.717) is 23.5 Å². The second-order valence-electron chi connectivity index (χ2n) is 4.05. The first-order chi connectivity index (χ1) is 8.63. The highest BCUT2D eigenvalue weighted by molar-refractivity contribution is 6.36. The van der Waals surface area contributed by atoms with Crippen LogP contribution >= 0.6 is 11.6 Å². The first-order valence-corrected chi connectivity index (χ1v) is 6.03. The monoisotopic (exact) mass is 270 g/mol. The average molecular weight is 271 g/mol. The quantitative estimate of drug-likeness (QED) is 0.646. The first-order valence-electron chi connectivity index (χ1n) is 5.65. The fourth-order valence-electron chi connectivity index (χ4n) is 1.70. The number of nitrogens with two attached hydrogens (primary N) is 1. The average Bonchev–Trinajstić information content (AvgIpc) is 2.30. The molecule has 18 heavy (non-hydrogen) atoms. The summed E-state index contributed by atoms with van der Waals surface area (Å²) in [6, 6.07) is 3.18. The molecule has 1 aromatic carbocycles. The SMILES string of the molecule is COC(=O)c1ccc(N)c(NCC2CCO2)c1Cl. The minimum atomic E-state index is -0.483. The highest BCUT2D eigenvalue weighted by Gasteiger charge is 2.20. The highest BCUT2D eigenvalue weighted by atomic mass is 35.5. The van der Waals surface area contributed by atoms with Crippen molar-refractivity contribution in [3.63, 3.8) is 0 Å². The molecule has 0 spiro atoms. The smallest absolute Gasteiger partial charge is 0.339 e. The number of carbonyl (C=O) groups excluding carboxylic acids is 1. The van der Waals surface area contributed by atoms with Crippen molar-refractivity contribution in [3.05, 3.63) is 22.7 Å². The molecule has 0 amide bonds. The molecule has 0 bridgehead atoms. The third-order valence-electron chi connectivity index (χ3n) is 2.88. The molecule has 5 nitrogen and oxygen atoms in total. The van der Waals surface area contributed by atoms with Crippen molar-refractivity contribution in [1.29, 1.82) is 0 Å². The molecule has 2 rings (SSSR count). The van der Waals surface area contributed by atoms with Gasteiger partial charge in [0.25, 0.3) is 0 Å². The zero-order valence-electron chi connectivity index (χ0n) is 10.0. The number of nitrogens with one attached hydrogen (secondary N) is 1. The van der Waals surface area contributed by atoms with Gasteiger partial charge in [0, 0.05) is 13.2 Å². The minimum Gasteiger partial charge on any atom is -0.465 e. The molecule has 1 aromatic rings. The molecule has 0 aliphatic carbocycles. The van der Waals surface area contributed by atoms with E-state index in [1.165, 1.54) is 7.11 Å². The summed E-state index contributed by atoms with van der Waals surface area (Å²) in [4.78, 5) is 11.5. The molecule has 6 heteroatoms. The molecular weight excluding hydrogens is 256 g/mol. The Labute approximate surface area is 110 Å². The maximum Gasteiger partial charge on any atom is 0.339 e. The molecule has 1 unspecified atom stereocenters. The fourth-order valence-corrected chi connectivity index (χ4v) is 2.02. The molecule has 98 valence electrons. The molecule has 0 aromatic heterocycles. The lowest BCUT2D eigenvalue weighted by molar-refractivity contribution is -0.0410. The van der Waals surface area contributed by atoms with Gasteiger partial charge in [0.1, 0.15) is 0 Å². The van der Waals surface area contributed by atoms with Crippen molar-refractivity contribution < 1.29 is 14.3 Å². The molecule has 1 aliphatic heterocycles. The number of esters is 1. The van der Waals surface area contributed by atoms with Gasteiger partial charge >= 0.3 is 5.97 Å². The van der Waals surface area contributed by atoms with Crippen LogP contribution in [0.2, 0.25) is 5.02 Å². The Balaban J connectivity index is 2.18. The number of methoxy groups -OCH3 is 1. The van der Waals surface area contributed by atoms with E-state index in [1.54, 1.807) is 12.1 Å². The van der Waals surface area contributed by atoms with E-state index in [2.05, 4.69) is 10.1 Å². The summed E-state index contributed by atoms with van der Waals surface area (Å²) in [6.07, 6.45) is 1.20. The van der Waals surface area contributed by atoms with E-state index in [9.17, 15) is 4.79 Å². The van der Waals surface area contributed by atoms with Gasteiger partial charge < -0.3 is 20.5 Å². The van der Waals surface area contributed by atoms with Gasteiger partial charge in [-0.1, -0.05) is 11.6 Å². The van der Waals surface area contributed by atoms with Crippen LogP contribution in [0.1, 0.15) is 16.8 Å². The molecule has 0 saturated carbocycles. The van der Waals surface area contributed by atoms with Crippen LogP contribution in [0.25, 0.3) is 0 Å². The number of nitrogen functional groups attached to an aromatic ring is 1. The van der Waals surface area contributed by atoms with Crippen LogP contribution in [0, 0.1) is 0 Å². The predicted molar refractivity (Wildman–Crippen MR) is 70.1 cm³/mol. The Kier molecular flexibility index (Phi) is 3.93. The molecule has 1 atom stereocenters. The number of rotatable bonds is 4. The van der Waals surface area contributed by atoms with Crippen molar-refractivity contribution in [2.24, 2.45) is 0 Å². The van der Waals surface area contributed by atoms with E-state index in [0.717, 1.165) is 13.0 Å². The number of ether oxygens (including phenoxy) is 2. The molecule has 1 fully saturated rings. The number of anilines is 2. The van der Waals surface area contributed by atoms with Gasteiger partial charge in [0.05, 0.1) is 35.2 Å². The number of carbonyl (C=O) groups is 1. The van der Waals surface area contributed by atoms with Gasteiger partial charge in [-0.2, -0.15) is 0 Å². The van der Waals surface area contributed by atoms with Crippen LogP contribution in [0.5, 0.6) is 0 Å². The molecule has 1 saturated heterocycles. The summed E-state index contributed by atoms with van der Waals surface area (Å²) < 4.78 is 9.95. The van der Waals surface area contributed by atoms with Crippen LogP contribution in [-0.4, -0.2) is 32.3 Å². The van der Waals surface area contributed by atoms with Gasteiger partial charge in [-0.05, 0) is 18.6 Å². The topological polar surface area (TPSA) is 73.6 Å². The van der Waals surface area contributed by atoms with Gasteiger partial charge in [-0.25, -0.2) is 4.79 Å². The van der Waals surface area contributed by atoms with Crippen molar-refractivity contribution in [3.8, 4) is 0 Å². The molecule has 1 aliphatic rings. The summed E-state index contributed by atoms with van der Waals surface area (Å²) in [7, 11) is 1.31. The first kappa shape index (κ1) is 13.0. The van der Waals surface area contributed by atoms with E-state index in [-0.39, 0.29) is 11.1 Å². The second-order valence-corrected chi connectivity index (χ2v) is 4.42. The molecule has 0 radical (unpaired) electrons. The van der Waals surface area contributed by atoms with Crippen molar-refractivity contribution in [1.82, 2.24) is 0 Å². The highest BCUT2D eigenvalue weighted by Crippen LogP contribution is 2.32. The van der Waals surface area contributed by atoms with E-state index in [4.69, 9.17) is 22.1 Å². The normalized spacial score (nSPS) is 18.0. The van der Waals surface area contributed by atoms with Crippen molar-refractivity contribution >= 4 is 28.9 Å². The van der Waals surface area contributed by atoms with Crippen LogP contribution < -0.4 is 11.1 Å². The standard InChI is InChI=1S/C12H15ClN2O3/c1-17-12(16)8-2-3-9(14)11(10(8)13)15-6-7-4-5-18-7/h2-3,7,15H,4-6,14H2,1H3. The van der Waals surface area contributed by atoms with Gasteiger partial charge in [0.2, 0.25) is 0 Å². The minimum absolute atomic E-state index is 0.183. The lowest BCUT2D eigenvalue weighted by Crippen LogP contribution is -2.33. The summed E-state index contributed by atoms with van der Waals surface area (Å²) >= 11 is 6.15. The number of halogens is 1. The number of hydrogen-bond acceptors (Lipinski definition) is 5.